The van der Waals surface area contributed by atoms with Gasteiger partial charge in [-0.3, -0.25) is 9.59 Å². The predicted octanol–water partition coefficient (Wildman–Crippen LogP) is 0.390. The van der Waals surface area contributed by atoms with E-state index < -0.39 is 5.97 Å². The lowest BCUT2D eigenvalue weighted by molar-refractivity contribution is -0.861. The van der Waals surface area contributed by atoms with Crippen LogP contribution in [0, 0.1) is 11.1 Å². The molecule has 1 fully saturated rings. The number of amides is 1. The Morgan fingerprint density at radius 1 is 1.35 bits per heavy atom. The van der Waals surface area contributed by atoms with Crippen molar-refractivity contribution in [1.29, 1.82) is 0 Å². The summed E-state index contributed by atoms with van der Waals surface area (Å²) in [5.74, 6) is -0.226. The molecular weight excluding hydrogens is 334 g/mol. The van der Waals surface area contributed by atoms with Crippen LogP contribution < -0.4 is 10.4 Å². The first-order chi connectivity index (χ1) is 12.5. The van der Waals surface area contributed by atoms with Crippen molar-refractivity contribution >= 4 is 11.9 Å². The molecule has 0 aliphatic carbocycles. The first kappa shape index (κ1) is 18.8. The van der Waals surface area contributed by atoms with Crippen molar-refractivity contribution in [3.8, 4) is 0 Å². The van der Waals surface area contributed by atoms with Gasteiger partial charge in [0.15, 0.2) is 0 Å². The number of carboxylic acids is 1. The molecule has 7 nitrogen and oxygen atoms in total. The zero-order chi connectivity index (χ0) is 18.5. The quantitative estimate of drug-likeness (QED) is 0.582. The molecule has 142 valence electrons. The Bertz CT molecular complexity index is 658. The van der Waals surface area contributed by atoms with Gasteiger partial charge in [-0.05, 0) is 49.9 Å². The number of carbonyl (C=O) groups excluding carboxylic acids is 1. The van der Waals surface area contributed by atoms with Gasteiger partial charge in [0, 0.05) is 24.2 Å². The number of rotatable bonds is 8. The lowest BCUT2D eigenvalue weighted by atomic mass is 9.94. The van der Waals surface area contributed by atoms with Crippen molar-refractivity contribution in [2.45, 2.75) is 38.8 Å². The van der Waals surface area contributed by atoms with Crippen LogP contribution in [0.4, 0.5) is 0 Å². The Kier molecular flexibility index (Phi) is 6.24. The molecule has 1 saturated heterocycles. The minimum Gasteiger partial charge on any atom is -0.634 e. The van der Waals surface area contributed by atoms with Gasteiger partial charge in [0.25, 0.3) is 5.91 Å². The van der Waals surface area contributed by atoms with E-state index in [0.29, 0.717) is 18.0 Å². The maximum atomic E-state index is 12.7. The summed E-state index contributed by atoms with van der Waals surface area (Å²) < 4.78 is 0. The molecule has 3 rings (SSSR count). The SMILES string of the molecule is O=C(O)CC[NH+]([O-])Cc1ccc2c(c1)C(=O)N(CCC1CCNCC1)C2. The number of hydroxylamine groups is 2. The average molecular weight is 361 g/mol. The van der Waals surface area contributed by atoms with E-state index in [4.69, 9.17) is 5.11 Å². The molecule has 2 aliphatic heterocycles. The highest BCUT2D eigenvalue weighted by Crippen LogP contribution is 2.25. The van der Waals surface area contributed by atoms with E-state index in [-0.39, 0.29) is 30.5 Å². The number of hydrogen-bond donors (Lipinski definition) is 3. The first-order valence-corrected chi connectivity index (χ1v) is 9.38. The van der Waals surface area contributed by atoms with Crippen LogP contribution in [0.15, 0.2) is 18.2 Å². The van der Waals surface area contributed by atoms with Crippen LogP contribution >= 0.6 is 0 Å². The van der Waals surface area contributed by atoms with Gasteiger partial charge in [0.1, 0.15) is 6.54 Å². The number of quaternary nitrogens is 1. The monoisotopic (exact) mass is 361 g/mol. The summed E-state index contributed by atoms with van der Waals surface area (Å²) in [6.07, 6.45) is 3.25. The highest BCUT2D eigenvalue weighted by molar-refractivity contribution is 5.98. The smallest absolute Gasteiger partial charge is 0.309 e. The molecule has 0 radical (unpaired) electrons. The van der Waals surface area contributed by atoms with Gasteiger partial charge in [0.2, 0.25) is 0 Å². The Labute approximate surface area is 153 Å². The number of hydrogen-bond acceptors (Lipinski definition) is 4. The van der Waals surface area contributed by atoms with Crippen molar-refractivity contribution in [3.63, 3.8) is 0 Å². The van der Waals surface area contributed by atoms with Gasteiger partial charge >= 0.3 is 5.97 Å². The molecule has 1 unspecified atom stereocenters. The second-order valence-electron chi connectivity index (χ2n) is 7.31. The van der Waals surface area contributed by atoms with Gasteiger partial charge in [-0.2, -0.15) is 0 Å². The van der Waals surface area contributed by atoms with Crippen molar-refractivity contribution in [2.24, 2.45) is 5.92 Å². The summed E-state index contributed by atoms with van der Waals surface area (Å²) in [6.45, 7) is 3.78. The largest absolute Gasteiger partial charge is 0.634 e. The fraction of sp³-hybridized carbons (Fsp3) is 0.579. The second kappa shape index (κ2) is 8.62. The number of benzene rings is 1. The standard InChI is InChI=1S/C19H27N3O4/c23-18(24)6-10-22(26)12-15-1-2-16-13-21(19(25)17(16)11-15)9-5-14-3-7-20-8-4-14/h1-2,11,14,20,22H,3-10,12-13H2,(H,23,24). The Morgan fingerprint density at radius 3 is 2.85 bits per heavy atom. The van der Waals surface area contributed by atoms with Gasteiger partial charge < -0.3 is 25.6 Å². The Morgan fingerprint density at radius 2 is 2.12 bits per heavy atom. The number of nitrogens with one attached hydrogen (secondary N) is 2. The van der Waals surface area contributed by atoms with Crippen LogP contribution in [-0.4, -0.2) is 48.1 Å². The minimum absolute atomic E-state index is 0.0305. The van der Waals surface area contributed by atoms with Crippen molar-refractivity contribution in [2.75, 3.05) is 26.2 Å². The summed E-state index contributed by atoms with van der Waals surface area (Å²) in [5.41, 5.74) is 2.49. The van der Waals surface area contributed by atoms with E-state index in [9.17, 15) is 14.8 Å². The van der Waals surface area contributed by atoms with Gasteiger partial charge in [-0.1, -0.05) is 12.1 Å². The highest BCUT2D eigenvalue weighted by Gasteiger charge is 2.28. The molecule has 1 amide bonds. The molecule has 2 heterocycles. The fourth-order valence-electron chi connectivity index (χ4n) is 3.77. The number of nitrogens with zero attached hydrogens (tertiary/aromatic N) is 1. The van der Waals surface area contributed by atoms with Crippen LogP contribution in [0.3, 0.4) is 0 Å². The lowest BCUT2D eigenvalue weighted by Crippen LogP contribution is -3.05. The van der Waals surface area contributed by atoms with Crippen LogP contribution in [0.2, 0.25) is 0 Å². The summed E-state index contributed by atoms with van der Waals surface area (Å²) >= 11 is 0. The molecule has 1 aromatic rings. The molecule has 0 saturated carbocycles. The molecule has 0 aromatic heterocycles. The maximum absolute atomic E-state index is 12.7. The Hall–Kier alpha value is -1.96. The third-order valence-corrected chi connectivity index (χ3v) is 5.34. The van der Waals surface area contributed by atoms with E-state index in [1.807, 2.05) is 17.0 Å². The number of aliphatic carboxylic acids is 1. The summed E-state index contributed by atoms with van der Waals surface area (Å²) in [6, 6.07) is 5.61. The second-order valence-corrected chi connectivity index (χ2v) is 7.31. The molecular formula is C19H27N3O4. The number of carboxylic acid groups (broad SMARTS) is 1. The normalized spacial score (nSPS) is 18.8. The van der Waals surface area contributed by atoms with Crippen molar-refractivity contribution in [3.05, 3.63) is 40.1 Å². The highest BCUT2D eigenvalue weighted by atomic mass is 16.5. The molecule has 0 spiro atoms. The van der Waals surface area contributed by atoms with Gasteiger partial charge in [0.05, 0.1) is 13.0 Å². The summed E-state index contributed by atoms with van der Waals surface area (Å²) in [7, 11) is 0. The number of fused-ring (bicyclic) bond motifs is 1. The molecule has 1 atom stereocenters. The zero-order valence-corrected chi connectivity index (χ0v) is 15.0. The lowest BCUT2D eigenvalue weighted by Gasteiger charge is -2.25. The molecule has 0 bridgehead atoms. The summed E-state index contributed by atoms with van der Waals surface area (Å²) in [5, 5.41) is 23.8. The molecule has 2 aliphatic rings. The third-order valence-electron chi connectivity index (χ3n) is 5.34. The van der Waals surface area contributed by atoms with E-state index in [0.717, 1.165) is 37.2 Å². The summed E-state index contributed by atoms with van der Waals surface area (Å²) in [4.78, 5) is 25.1. The molecule has 3 N–H and O–H groups in total. The predicted molar refractivity (Wildman–Crippen MR) is 96.5 cm³/mol. The zero-order valence-electron chi connectivity index (χ0n) is 15.0. The van der Waals surface area contributed by atoms with Gasteiger partial charge in [-0.15, -0.1) is 0 Å². The van der Waals surface area contributed by atoms with E-state index >= 15 is 0 Å². The fourth-order valence-corrected chi connectivity index (χ4v) is 3.77. The molecule has 26 heavy (non-hydrogen) atoms. The minimum atomic E-state index is -0.966. The van der Waals surface area contributed by atoms with Crippen LogP contribution in [0.5, 0.6) is 0 Å². The van der Waals surface area contributed by atoms with E-state index in [1.54, 1.807) is 6.07 Å². The van der Waals surface area contributed by atoms with E-state index in [1.165, 1.54) is 12.8 Å². The van der Waals surface area contributed by atoms with Crippen LogP contribution in [0.25, 0.3) is 0 Å². The Balaban J connectivity index is 1.55. The topological polar surface area (TPSA) is 97.1 Å². The van der Waals surface area contributed by atoms with Crippen LogP contribution in [0.1, 0.15) is 47.2 Å². The first-order valence-electron chi connectivity index (χ1n) is 9.38. The average Bonchev–Trinajstić information content (AvgIpc) is 2.95. The third kappa shape index (κ3) is 4.81. The number of piperidine rings is 1. The molecule has 1 aromatic carbocycles. The van der Waals surface area contributed by atoms with Crippen molar-refractivity contribution < 1.29 is 19.8 Å². The van der Waals surface area contributed by atoms with Gasteiger partial charge in [-0.25, -0.2) is 0 Å². The van der Waals surface area contributed by atoms with E-state index in [2.05, 4.69) is 5.32 Å². The molecule has 7 heteroatoms. The van der Waals surface area contributed by atoms with Crippen molar-refractivity contribution in [1.82, 2.24) is 10.2 Å². The van der Waals surface area contributed by atoms with Crippen LogP contribution in [-0.2, 0) is 17.9 Å². The maximum Gasteiger partial charge on any atom is 0.309 e. The number of carbonyl (C=O) groups is 2.